The van der Waals surface area contributed by atoms with Gasteiger partial charge in [0.15, 0.2) is 0 Å². The Bertz CT molecular complexity index is 419. The Balaban J connectivity index is 0. The van der Waals surface area contributed by atoms with Gasteiger partial charge in [-0.25, -0.2) is 6.08 Å². The number of allylic oxidation sites excluding steroid dienone is 5. The molecule has 0 aliphatic heterocycles. The molecule has 1 nitrogen and oxygen atoms in total. The van der Waals surface area contributed by atoms with E-state index in [1.165, 1.54) is 16.9 Å². The molecule has 2 aliphatic rings. The number of hydrogen-bond donors (Lipinski definition) is 0. The van der Waals surface area contributed by atoms with Crippen molar-refractivity contribution in [3.8, 4) is 0 Å². The van der Waals surface area contributed by atoms with Crippen molar-refractivity contribution in [3.63, 3.8) is 0 Å². The minimum absolute atomic E-state index is 0. The summed E-state index contributed by atoms with van der Waals surface area (Å²) in [6.07, 6.45) is 18.4. The molecular weight excluding hydrogens is 359 g/mol. The number of hydrogen-bond acceptors (Lipinski definition) is 2. The second-order valence-electron chi connectivity index (χ2n) is 4.69. The maximum atomic E-state index is 6.23. The zero-order valence-electron chi connectivity index (χ0n) is 12.5. The van der Waals surface area contributed by atoms with Crippen molar-refractivity contribution < 1.29 is 51.3 Å². The van der Waals surface area contributed by atoms with Gasteiger partial charge in [-0.3, -0.25) is 6.08 Å². The fourth-order valence-electron chi connectivity index (χ4n) is 2.06. The van der Waals surface area contributed by atoms with Gasteiger partial charge in [0, 0.05) is 13.0 Å². The summed E-state index contributed by atoms with van der Waals surface area (Å²) >= 11 is 1.81. The second kappa shape index (κ2) is 12.0. The first-order valence-electron chi connectivity index (χ1n) is 6.71. The van der Waals surface area contributed by atoms with Gasteiger partial charge in [0.25, 0.3) is 0 Å². The summed E-state index contributed by atoms with van der Waals surface area (Å²) in [5, 5.41) is 0. The van der Waals surface area contributed by atoms with Crippen LogP contribution in [0.4, 0.5) is 0 Å². The summed E-state index contributed by atoms with van der Waals surface area (Å²) in [6.45, 7) is 5.20. The molecule has 0 spiro atoms. The van der Waals surface area contributed by atoms with E-state index in [1.54, 1.807) is 0 Å². The minimum Gasteiger partial charge on any atom is -1.00 e. The van der Waals surface area contributed by atoms with Crippen molar-refractivity contribution in [2.75, 3.05) is 6.61 Å². The van der Waals surface area contributed by atoms with Crippen LogP contribution in [0.2, 0.25) is 0 Å². The predicted octanol–water partition coefficient (Wildman–Crippen LogP) is -1.21. The first-order chi connectivity index (χ1) is 8.77. The first kappa shape index (κ1) is 23.8. The molecule has 0 heterocycles. The van der Waals surface area contributed by atoms with Crippen molar-refractivity contribution in [1.82, 2.24) is 0 Å². The van der Waals surface area contributed by atoms with Gasteiger partial charge < -0.3 is 29.6 Å². The first-order valence-corrected chi connectivity index (χ1v) is 7.53. The van der Waals surface area contributed by atoms with Gasteiger partial charge in [0.1, 0.15) is 4.93 Å². The molecule has 1 atom stereocenters. The number of rotatable bonds is 6. The third-order valence-electron chi connectivity index (χ3n) is 3.24. The van der Waals surface area contributed by atoms with E-state index in [2.05, 4.69) is 50.3 Å². The molecule has 115 valence electrons. The Labute approximate surface area is 160 Å². The molecule has 0 aromatic heterocycles. The fraction of sp³-hybridized carbons (Fsp3) is 0.500. The van der Waals surface area contributed by atoms with Gasteiger partial charge in [-0.05, 0) is 18.9 Å². The van der Waals surface area contributed by atoms with Gasteiger partial charge in [-0.2, -0.15) is 11.0 Å². The van der Waals surface area contributed by atoms with Crippen LogP contribution in [0.3, 0.4) is 0 Å². The summed E-state index contributed by atoms with van der Waals surface area (Å²) in [7, 11) is 0. The third-order valence-corrected chi connectivity index (χ3v) is 4.68. The second-order valence-corrected chi connectivity index (χ2v) is 5.99. The average Bonchev–Trinajstić information content (AvgIpc) is 2.86. The molecule has 0 bridgehead atoms. The summed E-state index contributed by atoms with van der Waals surface area (Å²) in [4.78, 5) is 1.01. The molecule has 5 heteroatoms. The van der Waals surface area contributed by atoms with Crippen LogP contribution >= 0.6 is 11.8 Å². The largest absolute Gasteiger partial charge is 3.00 e. The van der Waals surface area contributed by atoms with Crippen molar-refractivity contribution in [2.45, 2.75) is 44.5 Å². The Hall–Kier alpha value is 0.564. The Kier molecular flexibility index (Phi) is 13.7. The number of ether oxygens (including phenoxy) is 1. The van der Waals surface area contributed by atoms with E-state index in [0.29, 0.717) is 0 Å². The molecule has 2 rings (SSSR count). The van der Waals surface area contributed by atoms with Crippen molar-refractivity contribution in [3.05, 3.63) is 46.9 Å². The molecule has 0 N–H and O–H groups in total. The third kappa shape index (κ3) is 6.68. The van der Waals surface area contributed by atoms with E-state index >= 15 is 0 Å². The van der Waals surface area contributed by atoms with Crippen LogP contribution in [0.1, 0.15) is 39.5 Å². The Morgan fingerprint density at radius 2 is 2.10 bits per heavy atom. The van der Waals surface area contributed by atoms with Crippen molar-refractivity contribution in [1.29, 1.82) is 0 Å². The maximum Gasteiger partial charge on any atom is 3.00 e. The smallest absolute Gasteiger partial charge is 1.00 e. The zero-order chi connectivity index (χ0) is 12.8. The minimum atomic E-state index is -0.207. The van der Waals surface area contributed by atoms with E-state index in [9.17, 15) is 0 Å². The molecule has 21 heavy (non-hydrogen) atoms. The molecule has 0 aromatic carbocycles. The van der Waals surface area contributed by atoms with Gasteiger partial charge in [-0.1, -0.05) is 31.6 Å². The van der Waals surface area contributed by atoms with E-state index in [0.717, 1.165) is 25.9 Å². The zero-order valence-corrected chi connectivity index (χ0v) is 16.4. The molecular formula is C16H21Cl2OSTi. The molecule has 0 saturated heterocycles. The number of halogens is 2. The SMILES string of the molecule is CCCCOC1(SC2=[C-]CC=C2)CC=CC=C1C.[Cl-].[Cl-].[Ti+3]. The summed E-state index contributed by atoms with van der Waals surface area (Å²) in [6, 6.07) is 0. The summed E-state index contributed by atoms with van der Waals surface area (Å²) < 4.78 is 6.23. The van der Waals surface area contributed by atoms with E-state index in [1.807, 2.05) is 11.8 Å². The molecule has 1 unspecified atom stereocenters. The summed E-state index contributed by atoms with van der Waals surface area (Å²) in [5.41, 5.74) is 1.31. The van der Waals surface area contributed by atoms with Gasteiger partial charge in [-0.15, -0.1) is 18.2 Å². The Morgan fingerprint density at radius 1 is 1.33 bits per heavy atom. The van der Waals surface area contributed by atoms with Crippen LogP contribution in [-0.2, 0) is 26.5 Å². The normalized spacial score (nSPS) is 22.6. The number of thioether (sulfide) groups is 1. The monoisotopic (exact) mass is 379 g/mol. The van der Waals surface area contributed by atoms with E-state index in [-0.39, 0.29) is 51.5 Å². The van der Waals surface area contributed by atoms with E-state index in [4.69, 9.17) is 4.74 Å². The van der Waals surface area contributed by atoms with Crippen molar-refractivity contribution in [2.24, 2.45) is 0 Å². The standard InChI is InChI=1S/C16H21OS.2ClH.Ti/c1-3-4-13-17-16(12-8-7-9-14(16)2)18-15-10-5-6-11-15;;;/h5,7-10H,3-4,6,12-13H2,1-2H3;2*1H;/q-1;;;+3/p-2. The Morgan fingerprint density at radius 3 is 2.67 bits per heavy atom. The van der Waals surface area contributed by atoms with Crippen LogP contribution in [0, 0.1) is 6.08 Å². The molecule has 0 amide bonds. The van der Waals surface area contributed by atoms with Crippen LogP contribution in [0.5, 0.6) is 0 Å². The number of unbranched alkanes of at least 4 members (excludes halogenated alkanes) is 1. The van der Waals surface area contributed by atoms with Crippen molar-refractivity contribution >= 4 is 11.8 Å². The van der Waals surface area contributed by atoms with Crippen LogP contribution in [-0.4, -0.2) is 11.5 Å². The van der Waals surface area contributed by atoms with Crippen LogP contribution < -0.4 is 24.8 Å². The van der Waals surface area contributed by atoms with Gasteiger partial charge in [0.05, 0.1) is 0 Å². The maximum absolute atomic E-state index is 6.23. The molecule has 0 aromatic rings. The predicted molar refractivity (Wildman–Crippen MR) is 79.2 cm³/mol. The summed E-state index contributed by atoms with van der Waals surface area (Å²) in [5.74, 6) is 0. The average molecular weight is 380 g/mol. The van der Waals surface area contributed by atoms with Gasteiger partial charge >= 0.3 is 21.7 Å². The topological polar surface area (TPSA) is 9.23 Å². The van der Waals surface area contributed by atoms with Gasteiger partial charge in [0.2, 0.25) is 0 Å². The fourth-order valence-corrected chi connectivity index (χ4v) is 3.29. The molecule has 0 saturated carbocycles. The molecule has 1 radical (unpaired) electrons. The van der Waals surface area contributed by atoms with E-state index < -0.39 is 0 Å². The van der Waals surface area contributed by atoms with Crippen LogP contribution in [0.25, 0.3) is 0 Å². The quantitative estimate of drug-likeness (QED) is 0.248. The molecule has 2 aliphatic carbocycles. The van der Waals surface area contributed by atoms with Crippen LogP contribution in [0.15, 0.2) is 40.9 Å². The molecule has 0 fully saturated rings.